The molecule has 32 heavy (non-hydrogen) atoms. The van der Waals surface area contributed by atoms with Crippen molar-refractivity contribution < 1.29 is 36.1 Å². The fourth-order valence-electron chi connectivity index (χ4n) is 2.46. The number of esters is 1. The Hall–Kier alpha value is -3.00. The Labute approximate surface area is 189 Å². The molecule has 0 saturated carbocycles. The fraction of sp³-hybridized carbons (Fsp3) is 0.273. The summed E-state index contributed by atoms with van der Waals surface area (Å²) in [7, 11) is 0. The van der Waals surface area contributed by atoms with Crippen molar-refractivity contribution in [2.24, 2.45) is 0 Å². The Kier molecular flexibility index (Phi) is 11.3. The van der Waals surface area contributed by atoms with Crippen LogP contribution in [0.2, 0.25) is 0 Å². The normalized spacial score (nSPS) is 10.4. The molecule has 9 nitrogen and oxygen atoms in total. The van der Waals surface area contributed by atoms with Crippen LogP contribution in [-0.4, -0.2) is 52.6 Å². The van der Waals surface area contributed by atoms with Crippen LogP contribution in [0.25, 0.3) is 0 Å². The van der Waals surface area contributed by atoms with E-state index in [0.29, 0.717) is 26.1 Å². The van der Waals surface area contributed by atoms with Crippen LogP contribution in [0.1, 0.15) is 25.8 Å². The number of anilines is 1. The van der Waals surface area contributed by atoms with Gasteiger partial charge in [0.05, 0.1) is 6.61 Å². The zero-order valence-corrected chi connectivity index (χ0v) is 19.9. The summed E-state index contributed by atoms with van der Waals surface area (Å²) in [6, 6.07) is 11.4. The number of carbonyl (C=O) groups is 2. The number of aryl methyl sites for hydroxylation is 1. The third-order valence-corrected chi connectivity index (χ3v) is 5.95. The molecule has 2 aromatic carbocycles. The van der Waals surface area contributed by atoms with Gasteiger partial charge in [0, 0.05) is 6.42 Å². The molecule has 0 atom stereocenters. The summed E-state index contributed by atoms with van der Waals surface area (Å²) in [6.07, 6.45) is 2.82. The monoisotopic (exact) mass is 509 g/mol. The molecule has 0 unspecified atom stereocenters. The molecular formula is C22H28AsNO8. The number of carbonyl (C=O) groups excluding carboxylic acids is 2. The Morgan fingerprint density at radius 3 is 2.34 bits per heavy atom. The molecule has 0 aromatic heterocycles. The molecule has 1 amide bonds. The maximum atomic E-state index is 11.2. The van der Waals surface area contributed by atoms with Crippen LogP contribution in [-0.2, 0) is 24.5 Å². The molecule has 0 aliphatic carbocycles. The predicted molar refractivity (Wildman–Crippen MR) is 120 cm³/mol. The van der Waals surface area contributed by atoms with E-state index in [1.807, 2.05) is 31.2 Å². The van der Waals surface area contributed by atoms with Crippen molar-refractivity contribution in [3.63, 3.8) is 0 Å². The van der Waals surface area contributed by atoms with Crippen molar-refractivity contribution >= 4 is 36.1 Å². The van der Waals surface area contributed by atoms with Gasteiger partial charge in [0.1, 0.15) is 12.4 Å². The number of aromatic hydroxyl groups is 1. The van der Waals surface area contributed by atoms with Gasteiger partial charge >= 0.3 is 94.1 Å². The molecule has 4 N–H and O–H groups in total. The van der Waals surface area contributed by atoms with Crippen molar-refractivity contribution in [2.45, 2.75) is 26.7 Å². The summed E-state index contributed by atoms with van der Waals surface area (Å²) in [5.74, 6) is -0.224. The number of hydrogen-bond donors (Lipinski definition) is 4. The molecule has 10 heteroatoms. The standard InChI is InChI=1S/C14H18O3.C8H10AsNO5/c1-3-11-17-13-8-5-12(6-9-13)7-10-14(15)16-4-2;1-5(11)10-8-6(9(13,14)15)3-2-4-7(8)12/h3,5-6,8-9H,1,4,7,10-11H2,2H3;2-4,12H,1H3,(H,10,11)(H2,13,14,15). The quantitative estimate of drug-likeness (QED) is 0.173. The summed E-state index contributed by atoms with van der Waals surface area (Å²) in [5, 5.41) is 11.5. The summed E-state index contributed by atoms with van der Waals surface area (Å²) in [4.78, 5) is 21.9. The SMILES string of the molecule is C=CCOc1ccc(CCC(=O)OCC)cc1.CC(=O)Nc1c(O)cccc1[As](=O)(O)O. The van der Waals surface area contributed by atoms with Crippen LogP contribution in [0, 0.1) is 0 Å². The van der Waals surface area contributed by atoms with Crippen LogP contribution in [0.15, 0.2) is 55.1 Å². The fourth-order valence-corrected chi connectivity index (χ4v) is 4.02. The third-order valence-electron chi connectivity index (χ3n) is 3.85. The molecular weight excluding hydrogens is 481 g/mol. The van der Waals surface area contributed by atoms with E-state index in [1.165, 1.54) is 25.1 Å². The van der Waals surface area contributed by atoms with E-state index in [2.05, 4.69) is 11.9 Å². The number of phenolic OH excluding ortho intramolecular Hbond substituents is 1. The molecule has 0 heterocycles. The van der Waals surface area contributed by atoms with Crippen LogP contribution >= 0.6 is 0 Å². The summed E-state index contributed by atoms with van der Waals surface area (Å²) in [6.45, 7) is 7.52. The van der Waals surface area contributed by atoms with E-state index in [9.17, 15) is 18.4 Å². The van der Waals surface area contributed by atoms with Crippen molar-refractivity contribution in [2.75, 3.05) is 18.5 Å². The van der Waals surface area contributed by atoms with E-state index in [0.717, 1.165) is 11.3 Å². The van der Waals surface area contributed by atoms with Gasteiger partial charge in [0.2, 0.25) is 0 Å². The van der Waals surface area contributed by atoms with Gasteiger partial charge in [-0.15, -0.1) is 0 Å². The van der Waals surface area contributed by atoms with Gasteiger partial charge in [0.25, 0.3) is 0 Å². The minimum atomic E-state index is -5.14. The van der Waals surface area contributed by atoms with Gasteiger partial charge in [0.15, 0.2) is 0 Å². The van der Waals surface area contributed by atoms with Crippen LogP contribution in [0.4, 0.5) is 5.69 Å². The first-order chi connectivity index (χ1) is 15.1. The van der Waals surface area contributed by atoms with Gasteiger partial charge in [-0.25, -0.2) is 0 Å². The summed E-state index contributed by atoms with van der Waals surface area (Å²) < 4.78 is 39.0. The second-order valence-corrected chi connectivity index (χ2v) is 9.74. The van der Waals surface area contributed by atoms with Crippen LogP contribution in [0.5, 0.6) is 11.5 Å². The zero-order valence-electron chi connectivity index (χ0n) is 18.0. The summed E-state index contributed by atoms with van der Waals surface area (Å²) in [5.41, 5.74) is 0.876. The number of rotatable bonds is 9. The van der Waals surface area contributed by atoms with Gasteiger partial charge in [-0.05, 0) is 31.0 Å². The second-order valence-electron chi connectivity index (χ2n) is 6.45. The predicted octanol–water partition coefficient (Wildman–Crippen LogP) is 1.66. The number of ether oxygens (including phenoxy) is 2. The second kappa shape index (κ2) is 13.4. The van der Waals surface area contributed by atoms with Gasteiger partial charge in [-0.2, -0.15) is 0 Å². The van der Waals surface area contributed by atoms with Gasteiger partial charge < -0.3 is 9.47 Å². The average molecular weight is 509 g/mol. The average Bonchev–Trinajstić information content (AvgIpc) is 2.72. The molecule has 0 spiro atoms. The van der Waals surface area contributed by atoms with Crippen LogP contribution < -0.4 is 14.4 Å². The van der Waals surface area contributed by atoms with E-state index in [4.69, 9.17) is 17.7 Å². The Morgan fingerprint density at radius 1 is 1.16 bits per heavy atom. The number of amides is 1. The topological polar surface area (TPSA) is 142 Å². The first-order valence-electron chi connectivity index (χ1n) is 9.72. The molecule has 0 radical (unpaired) electrons. The van der Waals surface area contributed by atoms with E-state index in [1.54, 1.807) is 6.08 Å². The molecule has 2 rings (SSSR count). The first-order valence-corrected chi connectivity index (χ1v) is 13.1. The molecule has 0 bridgehead atoms. The minimum absolute atomic E-state index is 0.153. The Morgan fingerprint density at radius 2 is 1.81 bits per heavy atom. The molecule has 0 saturated heterocycles. The molecule has 0 aliphatic heterocycles. The molecule has 2 aromatic rings. The maximum absolute atomic E-state index is 11.2. The Balaban J connectivity index is 0.000000323. The van der Waals surface area contributed by atoms with Crippen LogP contribution in [0.3, 0.4) is 0 Å². The number of hydrogen-bond acceptors (Lipinski definition) is 6. The third kappa shape index (κ3) is 9.87. The van der Waals surface area contributed by atoms with Gasteiger partial charge in [-0.1, -0.05) is 24.8 Å². The van der Waals surface area contributed by atoms with E-state index >= 15 is 0 Å². The van der Waals surface area contributed by atoms with Crippen molar-refractivity contribution in [3.05, 3.63) is 60.7 Å². The van der Waals surface area contributed by atoms with Gasteiger partial charge in [-0.3, -0.25) is 4.79 Å². The van der Waals surface area contributed by atoms with E-state index < -0.39 is 20.1 Å². The van der Waals surface area contributed by atoms with Crippen molar-refractivity contribution in [1.29, 1.82) is 0 Å². The number of nitrogens with one attached hydrogen (secondary N) is 1. The number of phenols is 1. The number of benzene rings is 2. The molecule has 0 fully saturated rings. The molecule has 174 valence electrons. The molecule has 0 aliphatic rings. The number of para-hydroxylation sites is 1. The van der Waals surface area contributed by atoms with Crippen molar-refractivity contribution in [3.8, 4) is 11.5 Å². The zero-order chi connectivity index (χ0) is 24.1. The summed E-state index contributed by atoms with van der Waals surface area (Å²) >= 11 is -5.14. The van der Waals surface area contributed by atoms with E-state index in [-0.39, 0.29) is 21.8 Å². The Bertz CT molecular complexity index is 953. The van der Waals surface area contributed by atoms with Crippen molar-refractivity contribution in [1.82, 2.24) is 0 Å². The first kappa shape index (κ1) is 27.0.